The lowest BCUT2D eigenvalue weighted by molar-refractivity contribution is -0.130. The molecule has 0 aromatic heterocycles. The Morgan fingerprint density at radius 2 is 2.05 bits per heavy atom. The average Bonchev–Trinajstić information content (AvgIpc) is 2.74. The van der Waals surface area contributed by atoms with Crippen molar-refractivity contribution in [1.29, 1.82) is 0 Å². The number of Topliss-reactive ketones (excluding diaryl/α,β-unsaturated/α-hetero) is 1. The number of fused-ring (bicyclic) bond motifs is 5. The van der Waals surface area contributed by atoms with E-state index in [-0.39, 0.29) is 5.41 Å². The Labute approximate surface area is 120 Å². The van der Waals surface area contributed by atoms with Crippen molar-refractivity contribution in [2.45, 2.75) is 51.9 Å². The monoisotopic (exact) mass is 272 g/mol. The fourth-order valence-corrected chi connectivity index (χ4v) is 5.80. The van der Waals surface area contributed by atoms with Gasteiger partial charge in [-0.25, -0.2) is 0 Å². The first-order valence-electron chi connectivity index (χ1n) is 8.22. The van der Waals surface area contributed by atoms with Crippen molar-refractivity contribution in [3.05, 3.63) is 23.5 Å². The minimum Gasteiger partial charge on any atom is -0.508 e. The van der Waals surface area contributed by atoms with Gasteiger partial charge in [-0.05, 0) is 74.3 Å². The first-order chi connectivity index (χ1) is 9.59. The molecule has 2 nitrogen and oxygen atoms in total. The van der Waals surface area contributed by atoms with Crippen molar-refractivity contribution in [1.82, 2.24) is 0 Å². The second-order valence-corrected chi connectivity index (χ2v) is 7.58. The van der Waals surface area contributed by atoms with E-state index in [1.54, 1.807) is 0 Å². The molecule has 0 saturated heterocycles. The van der Waals surface area contributed by atoms with Crippen LogP contribution < -0.4 is 0 Å². The molecule has 4 aliphatic rings. The molecule has 1 N–H and O–H groups in total. The number of carbonyl (C=O) groups is 1. The van der Waals surface area contributed by atoms with Gasteiger partial charge < -0.3 is 5.11 Å². The van der Waals surface area contributed by atoms with E-state index in [1.807, 2.05) is 12.2 Å². The SMILES string of the molecule is C[C@]12CCC3C4CC=C(O)C=C4CCC3C1CCC2=O. The van der Waals surface area contributed by atoms with Crippen LogP contribution in [0.1, 0.15) is 51.9 Å². The highest BCUT2D eigenvalue weighted by Gasteiger charge is 2.55. The molecule has 0 heterocycles. The second-order valence-electron chi connectivity index (χ2n) is 7.58. The van der Waals surface area contributed by atoms with Crippen LogP contribution in [0, 0.1) is 29.1 Å². The molecule has 4 aliphatic carbocycles. The summed E-state index contributed by atoms with van der Waals surface area (Å²) < 4.78 is 0. The molecule has 108 valence electrons. The van der Waals surface area contributed by atoms with Gasteiger partial charge in [0.05, 0.1) is 0 Å². The van der Waals surface area contributed by atoms with Crippen LogP contribution in [-0.2, 0) is 4.79 Å². The van der Waals surface area contributed by atoms with Crippen molar-refractivity contribution in [3.8, 4) is 0 Å². The summed E-state index contributed by atoms with van der Waals surface area (Å²) in [6.45, 7) is 2.24. The molecule has 4 unspecified atom stereocenters. The number of aliphatic hydroxyl groups excluding tert-OH is 1. The summed E-state index contributed by atoms with van der Waals surface area (Å²) in [7, 11) is 0. The number of hydrogen-bond acceptors (Lipinski definition) is 2. The molecule has 5 atom stereocenters. The fourth-order valence-electron chi connectivity index (χ4n) is 5.80. The average molecular weight is 272 g/mol. The highest BCUT2D eigenvalue weighted by atomic mass is 16.3. The van der Waals surface area contributed by atoms with E-state index in [0.717, 1.165) is 43.9 Å². The van der Waals surface area contributed by atoms with E-state index in [0.29, 0.717) is 23.4 Å². The third-order valence-electron chi connectivity index (χ3n) is 6.88. The van der Waals surface area contributed by atoms with E-state index in [2.05, 4.69) is 6.92 Å². The minimum atomic E-state index is -0.00493. The van der Waals surface area contributed by atoms with Gasteiger partial charge in [-0.15, -0.1) is 0 Å². The lowest BCUT2D eigenvalue weighted by Gasteiger charge is -2.51. The van der Waals surface area contributed by atoms with Crippen LogP contribution in [0.4, 0.5) is 0 Å². The zero-order chi connectivity index (χ0) is 13.9. The van der Waals surface area contributed by atoms with Crippen molar-refractivity contribution >= 4 is 5.78 Å². The minimum absolute atomic E-state index is 0.00493. The maximum atomic E-state index is 12.3. The smallest absolute Gasteiger partial charge is 0.139 e. The molecule has 0 amide bonds. The topological polar surface area (TPSA) is 37.3 Å². The molecule has 0 aliphatic heterocycles. The maximum Gasteiger partial charge on any atom is 0.139 e. The normalized spacial score (nSPS) is 47.0. The Hall–Kier alpha value is -1.05. The molecule has 0 aromatic rings. The summed E-state index contributed by atoms with van der Waals surface area (Å²) >= 11 is 0. The summed E-state index contributed by atoms with van der Waals surface area (Å²) in [5.74, 6) is 3.77. The zero-order valence-corrected chi connectivity index (χ0v) is 12.3. The summed E-state index contributed by atoms with van der Waals surface area (Å²) in [4.78, 5) is 12.3. The zero-order valence-electron chi connectivity index (χ0n) is 12.3. The van der Waals surface area contributed by atoms with E-state index in [4.69, 9.17) is 0 Å². The number of hydrogen-bond donors (Lipinski definition) is 1. The Morgan fingerprint density at radius 1 is 1.20 bits per heavy atom. The van der Waals surface area contributed by atoms with E-state index >= 15 is 0 Å². The van der Waals surface area contributed by atoms with Crippen LogP contribution in [0.15, 0.2) is 23.5 Å². The second kappa shape index (κ2) is 4.22. The standard InChI is InChI=1S/C18H24O2/c1-18-9-8-14-13-5-3-12(19)10-11(13)2-4-15(14)16(18)6-7-17(18)20/h3,10,13-16,19H,2,4-9H2,1H3/t13?,14?,15?,16?,18-/m0/s1. The highest BCUT2D eigenvalue weighted by Crippen LogP contribution is 2.60. The molecule has 20 heavy (non-hydrogen) atoms. The van der Waals surface area contributed by atoms with Crippen molar-refractivity contribution in [3.63, 3.8) is 0 Å². The van der Waals surface area contributed by atoms with Crippen LogP contribution in [0.5, 0.6) is 0 Å². The molecule has 0 radical (unpaired) electrons. The van der Waals surface area contributed by atoms with E-state index < -0.39 is 0 Å². The Morgan fingerprint density at radius 3 is 2.90 bits per heavy atom. The van der Waals surface area contributed by atoms with Gasteiger partial charge in [0.15, 0.2) is 0 Å². The summed E-state index contributed by atoms with van der Waals surface area (Å²) in [6, 6.07) is 0. The largest absolute Gasteiger partial charge is 0.508 e. The third kappa shape index (κ3) is 1.60. The number of ketones is 1. The first-order valence-corrected chi connectivity index (χ1v) is 8.22. The van der Waals surface area contributed by atoms with Gasteiger partial charge in [0.2, 0.25) is 0 Å². The van der Waals surface area contributed by atoms with Crippen molar-refractivity contribution in [2.75, 3.05) is 0 Å². The van der Waals surface area contributed by atoms with Gasteiger partial charge in [0, 0.05) is 11.8 Å². The Balaban J connectivity index is 1.64. The molecule has 3 fully saturated rings. The predicted molar refractivity (Wildman–Crippen MR) is 78.2 cm³/mol. The lowest BCUT2D eigenvalue weighted by Crippen LogP contribution is -2.46. The summed E-state index contributed by atoms with van der Waals surface area (Å²) in [5, 5.41) is 9.71. The lowest BCUT2D eigenvalue weighted by atomic mass is 9.52. The van der Waals surface area contributed by atoms with Gasteiger partial charge >= 0.3 is 0 Å². The van der Waals surface area contributed by atoms with Crippen molar-refractivity contribution in [2.24, 2.45) is 29.1 Å². The van der Waals surface area contributed by atoms with Gasteiger partial charge in [-0.3, -0.25) is 4.79 Å². The molecular weight excluding hydrogens is 248 g/mol. The first kappa shape index (κ1) is 12.7. The highest BCUT2D eigenvalue weighted by molar-refractivity contribution is 5.87. The Bertz CT molecular complexity index is 516. The molecule has 3 saturated carbocycles. The quantitative estimate of drug-likeness (QED) is 0.718. The van der Waals surface area contributed by atoms with Crippen molar-refractivity contribution < 1.29 is 9.90 Å². The molecule has 0 bridgehead atoms. The summed E-state index contributed by atoms with van der Waals surface area (Å²) in [5.41, 5.74) is 1.47. The number of aliphatic hydroxyl groups is 1. The third-order valence-corrected chi connectivity index (χ3v) is 6.88. The molecule has 0 spiro atoms. The van der Waals surface area contributed by atoms with Crippen LogP contribution in [0.2, 0.25) is 0 Å². The van der Waals surface area contributed by atoms with Crippen LogP contribution in [0.25, 0.3) is 0 Å². The number of allylic oxidation sites excluding steroid dienone is 3. The van der Waals surface area contributed by atoms with Gasteiger partial charge in [0.1, 0.15) is 11.5 Å². The summed E-state index contributed by atoms with van der Waals surface area (Å²) in [6.07, 6.45) is 11.6. The fraction of sp³-hybridized carbons (Fsp3) is 0.722. The van der Waals surface area contributed by atoms with E-state index in [9.17, 15) is 9.90 Å². The van der Waals surface area contributed by atoms with Gasteiger partial charge in [-0.1, -0.05) is 12.5 Å². The van der Waals surface area contributed by atoms with E-state index in [1.165, 1.54) is 18.4 Å². The molecule has 2 heteroatoms. The maximum absolute atomic E-state index is 12.3. The van der Waals surface area contributed by atoms with Crippen LogP contribution in [-0.4, -0.2) is 10.9 Å². The van der Waals surface area contributed by atoms with Crippen LogP contribution in [0.3, 0.4) is 0 Å². The number of rotatable bonds is 0. The Kier molecular flexibility index (Phi) is 2.68. The van der Waals surface area contributed by atoms with Gasteiger partial charge in [-0.2, -0.15) is 0 Å². The molecule has 4 rings (SSSR count). The van der Waals surface area contributed by atoms with Gasteiger partial charge in [0.25, 0.3) is 0 Å². The molecular formula is C18H24O2. The van der Waals surface area contributed by atoms with Crippen LogP contribution >= 0.6 is 0 Å². The molecule has 0 aromatic carbocycles. The predicted octanol–water partition coefficient (Wildman–Crippen LogP) is 4.18. The number of carbonyl (C=O) groups excluding carboxylic acids is 1.